The van der Waals surface area contributed by atoms with E-state index in [0.29, 0.717) is 27.3 Å². The summed E-state index contributed by atoms with van der Waals surface area (Å²) in [5.41, 5.74) is 1.98. The van der Waals surface area contributed by atoms with Crippen LogP contribution < -0.4 is 10.9 Å². The van der Waals surface area contributed by atoms with Gasteiger partial charge in [0, 0.05) is 21.2 Å². The van der Waals surface area contributed by atoms with Crippen molar-refractivity contribution in [3.63, 3.8) is 0 Å². The molecule has 2 N–H and O–H groups in total. The molecule has 1 unspecified atom stereocenters. The van der Waals surface area contributed by atoms with Gasteiger partial charge in [0.2, 0.25) is 5.91 Å². The zero-order valence-corrected chi connectivity index (χ0v) is 18.5. The number of nitrogens with zero attached hydrogens (tertiary/aromatic N) is 2. The lowest BCUT2D eigenvalue weighted by Crippen LogP contribution is -2.33. The molecule has 0 radical (unpaired) electrons. The van der Waals surface area contributed by atoms with E-state index in [4.69, 9.17) is 11.6 Å². The molecule has 31 heavy (non-hydrogen) atoms. The molecule has 2 aromatic carbocycles. The molecule has 0 spiro atoms. The van der Waals surface area contributed by atoms with Crippen molar-refractivity contribution in [2.75, 3.05) is 5.32 Å². The lowest BCUT2D eigenvalue weighted by molar-refractivity contribution is -0.119. The molecule has 0 bridgehead atoms. The Morgan fingerprint density at radius 1 is 1.19 bits per heavy atom. The molecule has 8 heteroatoms. The number of nitrogens with one attached hydrogen (secondary N) is 1. The van der Waals surface area contributed by atoms with Gasteiger partial charge in [0.15, 0.2) is 0 Å². The average molecular weight is 454 g/mol. The highest BCUT2D eigenvalue weighted by Crippen LogP contribution is 2.36. The number of fused-ring (bicyclic) bond motifs is 1. The maximum Gasteiger partial charge on any atom is 0.263 e. The summed E-state index contributed by atoms with van der Waals surface area (Å²) in [5.74, 6) is -0.213. The Balaban J connectivity index is 1.78. The molecule has 0 aliphatic rings. The second kappa shape index (κ2) is 8.53. The topological polar surface area (TPSA) is 84.2 Å². The van der Waals surface area contributed by atoms with Gasteiger partial charge in [0.1, 0.15) is 16.6 Å². The summed E-state index contributed by atoms with van der Waals surface area (Å²) in [4.78, 5) is 32.5. The van der Waals surface area contributed by atoms with Gasteiger partial charge < -0.3 is 10.4 Å². The summed E-state index contributed by atoms with van der Waals surface area (Å²) in [6.07, 6.45) is 1.85. The number of aromatic nitrogens is 2. The molecule has 0 aliphatic heterocycles. The van der Waals surface area contributed by atoms with Gasteiger partial charge in [-0.25, -0.2) is 4.98 Å². The molecule has 0 saturated heterocycles. The van der Waals surface area contributed by atoms with Crippen molar-refractivity contribution < 1.29 is 9.90 Å². The van der Waals surface area contributed by atoms with Crippen LogP contribution in [-0.2, 0) is 4.79 Å². The fourth-order valence-corrected chi connectivity index (χ4v) is 4.71. The highest BCUT2D eigenvalue weighted by molar-refractivity contribution is 7.19. The molecule has 158 valence electrons. The zero-order valence-electron chi connectivity index (χ0n) is 16.9. The monoisotopic (exact) mass is 453 g/mol. The van der Waals surface area contributed by atoms with Crippen LogP contribution in [-0.4, -0.2) is 20.6 Å². The van der Waals surface area contributed by atoms with Crippen molar-refractivity contribution in [2.24, 2.45) is 0 Å². The van der Waals surface area contributed by atoms with Crippen molar-refractivity contribution in [3.05, 3.63) is 75.1 Å². The van der Waals surface area contributed by atoms with Crippen LogP contribution in [0.15, 0.2) is 59.7 Å². The molecule has 4 rings (SSSR count). The van der Waals surface area contributed by atoms with E-state index in [1.807, 2.05) is 26.0 Å². The first kappa shape index (κ1) is 21.1. The number of benzene rings is 2. The molecule has 2 heterocycles. The van der Waals surface area contributed by atoms with Gasteiger partial charge in [-0.15, -0.1) is 11.3 Å². The van der Waals surface area contributed by atoms with Crippen molar-refractivity contribution in [1.29, 1.82) is 0 Å². The minimum Gasteiger partial charge on any atom is -0.508 e. The summed E-state index contributed by atoms with van der Waals surface area (Å²) in [6.45, 7) is 3.80. The lowest BCUT2D eigenvalue weighted by atomic mass is 10.0. The number of aromatic hydroxyl groups is 1. The fourth-order valence-electron chi connectivity index (χ4n) is 3.58. The van der Waals surface area contributed by atoms with E-state index in [9.17, 15) is 14.7 Å². The number of phenols is 1. The molecule has 2 aromatic heterocycles. The summed E-state index contributed by atoms with van der Waals surface area (Å²) in [7, 11) is 0. The third-order valence-corrected chi connectivity index (χ3v) is 6.37. The Bertz CT molecular complexity index is 1310. The Morgan fingerprint density at radius 2 is 1.87 bits per heavy atom. The number of carbonyl (C=O) groups excluding carboxylic acids is 1. The molecule has 4 aromatic rings. The summed E-state index contributed by atoms with van der Waals surface area (Å²) >= 11 is 7.47. The van der Waals surface area contributed by atoms with Crippen LogP contribution >= 0.6 is 22.9 Å². The van der Waals surface area contributed by atoms with Gasteiger partial charge in [0.25, 0.3) is 5.56 Å². The smallest absolute Gasteiger partial charge is 0.263 e. The minimum atomic E-state index is -0.725. The van der Waals surface area contributed by atoms with E-state index in [1.54, 1.807) is 24.3 Å². The van der Waals surface area contributed by atoms with Gasteiger partial charge in [0.05, 0.1) is 11.7 Å². The van der Waals surface area contributed by atoms with E-state index in [1.165, 1.54) is 34.4 Å². The number of hydrogen-bond donors (Lipinski definition) is 2. The third-order valence-electron chi connectivity index (χ3n) is 5.11. The van der Waals surface area contributed by atoms with Gasteiger partial charge in [-0.3, -0.25) is 14.2 Å². The molecule has 1 atom stereocenters. The lowest BCUT2D eigenvalue weighted by Gasteiger charge is -2.18. The van der Waals surface area contributed by atoms with Crippen molar-refractivity contribution in [2.45, 2.75) is 26.3 Å². The predicted octanol–water partition coefficient (Wildman–Crippen LogP) is 5.38. The van der Waals surface area contributed by atoms with E-state index >= 15 is 0 Å². The van der Waals surface area contributed by atoms with Gasteiger partial charge in [-0.1, -0.05) is 30.7 Å². The number of halogens is 1. The quantitative estimate of drug-likeness (QED) is 0.397. The molecule has 6 nitrogen and oxygen atoms in total. The Kier molecular flexibility index (Phi) is 5.80. The highest BCUT2D eigenvalue weighted by Gasteiger charge is 2.24. The molecule has 1 amide bonds. The summed E-state index contributed by atoms with van der Waals surface area (Å²) in [6, 6.07) is 12.8. The Morgan fingerprint density at radius 3 is 2.52 bits per heavy atom. The number of carbonyl (C=O) groups is 1. The Labute approximate surface area is 187 Å². The Hall–Kier alpha value is -3.16. The zero-order chi connectivity index (χ0) is 22.1. The number of amides is 1. The average Bonchev–Trinajstić information content (AvgIpc) is 3.09. The molecule has 0 aliphatic carbocycles. The number of aryl methyl sites for hydroxylation is 1. The van der Waals surface area contributed by atoms with Crippen LogP contribution in [0.1, 0.15) is 24.3 Å². The third kappa shape index (κ3) is 4.06. The first-order valence-electron chi connectivity index (χ1n) is 9.75. The van der Waals surface area contributed by atoms with Gasteiger partial charge in [-0.2, -0.15) is 0 Å². The van der Waals surface area contributed by atoms with Crippen LogP contribution in [0.25, 0.3) is 21.3 Å². The second-order valence-corrected chi connectivity index (χ2v) is 8.78. The number of thiophene rings is 1. The van der Waals surface area contributed by atoms with E-state index in [0.717, 1.165) is 16.0 Å². The maximum atomic E-state index is 13.5. The van der Waals surface area contributed by atoms with Crippen molar-refractivity contribution in [1.82, 2.24) is 9.55 Å². The van der Waals surface area contributed by atoms with Crippen LogP contribution in [0.4, 0.5) is 5.69 Å². The maximum absolute atomic E-state index is 13.5. The number of phenolic OH excluding ortho intramolecular Hbond substituents is 1. The first-order chi connectivity index (χ1) is 14.9. The SMILES string of the molecule is CCC(C(=O)Nc1ccc(O)cc1)n1cnc2sc(C)c(-c3ccc(Cl)cc3)c2c1=O. The van der Waals surface area contributed by atoms with E-state index in [2.05, 4.69) is 10.3 Å². The predicted molar refractivity (Wildman–Crippen MR) is 125 cm³/mol. The molecule has 0 saturated carbocycles. The largest absolute Gasteiger partial charge is 0.508 e. The van der Waals surface area contributed by atoms with Crippen LogP contribution in [0, 0.1) is 6.92 Å². The van der Waals surface area contributed by atoms with Crippen molar-refractivity contribution in [3.8, 4) is 16.9 Å². The van der Waals surface area contributed by atoms with Crippen LogP contribution in [0.2, 0.25) is 5.02 Å². The number of rotatable bonds is 5. The van der Waals surface area contributed by atoms with E-state index in [-0.39, 0.29) is 17.2 Å². The normalized spacial score (nSPS) is 12.1. The van der Waals surface area contributed by atoms with Crippen molar-refractivity contribution >= 4 is 44.7 Å². The van der Waals surface area contributed by atoms with Crippen LogP contribution in [0.3, 0.4) is 0 Å². The van der Waals surface area contributed by atoms with E-state index < -0.39 is 6.04 Å². The standard InChI is InChI=1S/C23H20ClN3O3S/c1-3-18(21(29)26-16-8-10-17(28)11-9-16)27-12-25-22-20(23(27)30)19(13(2)31-22)14-4-6-15(24)7-5-14/h4-12,18,28H,3H2,1-2H3,(H,26,29). The summed E-state index contributed by atoms with van der Waals surface area (Å²) in [5, 5.41) is 13.3. The van der Waals surface area contributed by atoms with Crippen LogP contribution in [0.5, 0.6) is 5.75 Å². The second-order valence-electron chi connectivity index (χ2n) is 7.14. The first-order valence-corrected chi connectivity index (χ1v) is 10.9. The fraction of sp³-hybridized carbons (Fsp3) is 0.174. The highest BCUT2D eigenvalue weighted by atomic mass is 35.5. The summed E-state index contributed by atoms with van der Waals surface area (Å²) < 4.78 is 1.39. The molecular formula is C23H20ClN3O3S. The van der Waals surface area contributed by atoms with Gasteiger partial charge in [-0.05, 0) is 55.3 Å². The number of hydrogen-bond acceptors (Lipinski definition) is 5. The van der Waals surface area contributed by atoms with Gasteiger partial charge >= 0.3 is 0 Å². The minimum absolute atomic E-state index is 0.110. The molecule has 0 fully saturated rings. The number of anilines is 1. The molecular weight excluding hydrogens is 434 g/mol.